The molecule has 0 fully saturated rings. The third-order valence-corrected chi connectivity index (χ3v) is 3.71. The topological polar surface area (TPSA) is 72.6 Å². The molecule has 0 saturated carbocycles. The molecule has 1 aromatic carbocycles. The van der Waals surface area contributed by atoms with Gasteiger partial charge in [0, 0.05) is 11.6 Å². The summed E-state index contributed by atoms with van der Waals surface area (Å²) in [7, 11) is 0. The zero-order valence-electron chi connectivity index (χ0n) is 10.8. The first-order valence-corrected chi connectivity index (χ1v) is 6.61. The Morgan fingerprint density at radius 3 is 2.95 bits per heavy atom. The average molecular weight is 294 g/mol. The molecule has 2 aromatic rings. The molecule has 0 unspecified atom stereocenters. The quantitative estimate of drug-likeness (QED) is 0.919. The smallest absolute Gasteiger partial charge is 0.358 e. The standard InChI is InChI=1S/C14H12ClNO4/c1-7-8-3-2-4-19-13(8)10(15)5-9(7)12-6-11(14(17)18)16-20-12/h5-6H,2-4H2,1H3,(H,17,18). The number of halogens is 1. The minimum absolute atomic E-state index is 0.121. The lowest BCUT2D eigenvalue weighted by molar-refractivity contribution is 0.0686. The van der Waals surface area contributed by atoms with Crippen LogP contribution in [0.3, 0.4) is 0 Å². The number of hydrogen-bond acceptors (Lipinski definition) is 4. The van der Waals surface area contributed by atoms with Crippen molar-refractivity contribution in [3.8, 4) is 17.1 Å². The fraction of sp³-hybridized carbons (Fsp3) is 0.286. The van der Waals surface area contributed by atoms with Crippen molar-refractivity contribution in [2.75, 3.05) is 6.61 Å². The van der Waals surface area contributed by atoms with E-state index < -0.39 is 5.97 Å². The van der Waals surface area contributed by atoms with Crippen LogP contribution in [-0.4, -0.2) is 22.8 Å². The number of benzene rings is 1. The molecule has 20 heavy (non-hydrogen) atoms. The Bertz CT molecular complexity index is 693. The summed E-state index contributed by atoms with van der Waals surface area (Å²) >= 11 is 6.24. The molecular formula is C14H12ClNO4. The number of nitrogens with zero attached hydrogens (tertiary/aromatic N) is 1. The molecule has 1 N–H and O–H groups in total. The lowest BCUT2D eigenvalue weighted by Gasteiger charge is -2.21. The van der Waals surface area contributed by atoms with E-state index >= 15 is 0 Å². The van der Waals surface area contributed by atoms with Gasteiger partial charge in [0.2, 0.25) is 0 Å². The Morgan fingerprint density at radius 2 is 2.25 bits per heavy atom. The molecule has 1 aliphatic heterocycles. The molecular weight excluding hydrogens is 282 g/mol. The van der Waals surface area contributed by atoms with Gasteiger partial charge in [0.05, 0.1) is 11.6 Å². The second-order valence-electron chi connectivity index (χ2n) is 4.67. The van der Waals surface area contributed by atoms with E-state index in [1.54, 1.807) is 6.07 Å². The first-order valence-electron chi connectivity index (χ1n) is 6.23. The second-order valence-corrected chi connectivity index (χ2v) is 5.08. The molecule has 0 radical (unpaired) electrons. The summed E-state index contributed by atoms with van der Waals surface area (Å²) in [5.41, 5.74) is 2.66. The maximum absolute atomic E-state index is 10.9. The summed E-state index contributed by atoms with van der Waals surface area (Å²) in [4.78, 5) is 10.9. The minimum atomic E-state index is -1.12. The summed E-state index contributed by atoms with van der Waals surface area (Å²) in [5.74, 6) is -0.00245. The van der Waals surface area contributed by atoms with Gasteiger partial charge in [0.25, 0.3) is 0 Å². The van der Waals surface area contributed by atoms with Gasteiger partial charge >= 0.3 is 5.97 Å². The molecule has 1 aromatic heterocycles. The highest BCUT2D eigenvalue weighted by molar-refractivity contribution is 6.32. The highest BCUT2D eigenvalue weighted by Gasteiger charge is 2.22. The molecule has 0 bridgehead atoms. The number of carbonyl (C=O) groups is 1. The summed E-state index contributed by atoms with van der Waals surface area (Å²) in [6.07, 6.45) is 1.82. The van der Waals surface area contributed by atoms with Crippen molar-refractivity contribution in [3.05, 3.63) is 34.0 Å². The van der Waals surface area contributed by atoms with Gasteiger partial charge in [-0.25, -0.2) is 4.79 Å². The molecule has 1 aliphatic rings. The van der Waals surface area contributed by atoms with Gasteiger partial charge in [0.1, 0.15) is 5.75 Å². The van der Waals surface area contributed by atoms with Crippen molar-refractivity contribution >= 4 is 17.6 Å². The predicted molar refractivity (Wildman–Crippen MR) is 72.5 cm³/mol. The Balaban J connectivity index is 2.13. The van der Waals surface area contributed by atoms with Gasteiger partial charge < -0.3 is 14.4 Å². The molecule has 0 atom stereocenters. The van der Waals surface area contributed by atoms with Gasteiger partial charge in [-0.15, -0.1) is 0 Å². The third-order valence-electron chi connectivity index (χ3n) is 3.43. The number of aromatic nitrogens is 1. The number of carboxylic acid groups (broad SMARTS) is 1. The molecule has 2 heterocycles. The largest absolute Gasteiger partial charge is 0.492 e. The Kier molecular flexibility index (Phi) is 3.14. The summed E-state index contributed by atoms with van der Waals surface area (Å²) in [5, 5.41) is 12.9. The minimum Gasteiger partial charge on any atom is -0.492 e. The van der Waals surface area contributed by atoms with E-state index in [0.29, 0.717) is 17.4 Å². The summed E-state index contributed by atoms with van der Waals surface area (Å²) in [6.45, 7) is 2.61. The van der Waals surface area contributed by atoms with Gasteiger partial charge in [-0.05, 0) is 37.0 Å². The number of fused-ring (bicyclic) bond motifs is 1. The number of ether oxygens (including phenoxy) is 1. The van der Waals surface area contributed by atoms with Crippen LogP contribution in [0.2, 0.25) is 5.02 Å². The lowest BCUT2D eigenvalue weighted by atomic mass is 9.95. The molecule has 104 valence electrons. The van der Waals surface area contributed by atoms with E-state index in [-0.39, 0.29) is 5.69 Å². The zero-order chi connectivity index (χ0) is 14.3. The van der Waals surface area contributed by atoms with Crippen LogP contribution in [0.25, 0.3) is 11.3 Å². The third kappa shape index (κ3) is 2.04. The second kappa shape index (κ2) is 4.83. The number of hydrogen-bond donors (Lipinski definition) is 1. The highest BCUT2D eigenvalue weighted by Crippen LogP contribution is 2.40. The number of carboxylic acids is 1. The first kappa shape index (κ1) is 13.0. The Labute approximate surface area is 120 Å². The predicted octanol–water partition coefficient (Wildman–Crippen LogP) is 3.33. The number of rotatable bonds is 2. The van der Waals surface area contributed by atoms with Gasteiger partial charge in [0.15, 0.2) is 11.5 Å². The van der Waals surface area contributed by atoms with Crippen molar-refractivity contribution in [2.24, 2.45) is 0 Å². The molecule has 5 nitrogen and oxygen atoms in total. The Hall–Kier alpha value is -2.01. The van der Waals surface area contributed by atoms with Crippen molar-refractivity contribution in [3.63, 3.8) is 0 Å². The van der Waals surface area contributed by atoms with E-state index in [9.17, 15) is 4.79 Å². The highest BCUT2D eigenvalue weighted by atomic mass is 35.5. The van der Waals surface area contributed by atoms with E-state index in [1.165, 1.54) is 6.07 Å². The zero-order valence-corrected chi connectivity index (χ0v) is 11.5. The van der Waals surface area contributed by atoms with Crippen molar-refractivity contribution in [1.29, 1.82) is 0 Å². The fourth-order valence-corrected chi connectivity index (χ4v) is 2.69. The van der Waals surface area contributed by atoms with Crippen LogP contribution in [0.5, 0.6) is 5.75 Å². The van der Waals surface area contributed by atoms with Crippen LogP contribution in [0.1, 0.15) is 28.0 Å². The van der Waals surface area contributed by atoms with Crippen molar-refractivity contribution in [1.82, 2.24) is 5.16 Å². The monoisotopic (exact) mass is 293 g/mol. The van der Waals surface area contributed by atoms with Crippen LogP contribution >= 0.6 is 11.6 Å². The molecule has 0 aliphatic carbocycles. The average Bonchev–Trinajstić information content (AvgIpc) is 2.93. The molecule has 0 spiro atoms. The molecule has 0 amide bonds. The SMILES string of the molecule is Cc1c(-c2cc(C(=O)O)no2)cc(Cl)c2c1CCCO2. The van der Waals surface area contributed by atoms with Crippen LogP contribution in [0.4, 0.5) is 0 Å². The van der Waals surface area contributed by atoms with Crippen LogP contribution < -0.4 is 4.74 Å². The van der Waals surface area contributed by atoms with E-state index in [2.05, 4.69) is 5.16 Å². The molecule has 0 saturated heterocycles. The first-order chi connectivity index (χ1) is 9.58. The maximum Gasteiger partial charge on any atom is 0.358 e. The van der Waals surface area contributed by atoms with E-state index in [4.69, 9.17) is 26.0 Å². The van der Waals surface area contributed by atoms with E-state index in [0.717, 1.165) is 35.3 Å². The Morgan fingerprint density at radius 1 is 1.45 bits per heavy atom. The van der Waals surface area contributed by atoms with Crippen LogP contribution in [-0.2, 0) is 6.42 Å². The number of aromatic carboxylic acids is 1. The molecule has 6 heteroatoms. The normalized spacial score (nSPS) is 13.7. The van der Waals surface area contributed by atoms with Gasteiger partial charge in [-0.3, -0.25) is 0 Å². The molecule has 3 rings (SSSR count). The van der Waals surface area contributed by atoms with E-state index in [1.807, 2.05) is 6.92 Å². The lowest BCUT2D eigenvalue weighted by Crippen LogP contribution is -2.10. The van der Waals surface area contributed by atoms with Crippen molar-refractivity contribution in [2.45, 2.75) is 19.8 Å². The van der Waals surface area contributed by atoms with Gasteiger partial charge in [-0.2, -0.15) is 0 Å². The van der Waals surface area contributed by atoms with Crippen LogP contribution in [0, 0.1) is 6.92 Å². The maximum atomic E-state index is 10.9. The van der Waals surface area contributed by atoms with Crippen LogP contribution in [0.15, 0.2) is 16.7 Å². The summed E-state index contributed by atoms with van der Waals surface area (Å²) < 4.78 is 10.7. The van der Waals surface area contributed by atoms with Crippen molar-refractivity contribution < 1.29 is 19.2 Å². The van der Waals surface area contributed by atoms with Gasteiger partial charge in [-0.1, -0.05) is 16.8 Å². The fourth-order valence-electron chi connectivity index (χ4n) is 2.42. The summed E-state index contributed by atoms with van der Waals surface area (Å²) in [6, 6.07) is 3.13.